The van der Waals surface area contributed by atoms with E-state index in [0.717, 1.165) is 6.29 Å². The molecule has 0 fully saturated rings. The van der Waals surface area contributed by atoms with Crippen molar-refractivity contribution >= 4 is 35.2 Å². The summed E-state index contributed by atoms with van der Waals surface area (Å²) < 4.78 is 29.3. The Morgan fingerprint density at radius 1 is 0.970 bits per heavy atom. The van der Waals surface area contributed by atoms with Crippen molar-refractivity contribution in [2.75, 3.05) is 5.32 Å². The number of fused-ring (bicyclic) bond motifs is 3. The van der Waals surface area contributed by atoms with Crippen LogP contribution in [0.3, 0.4) is 0 Å². The average molecular weight is 461 g/mol. The smallest absolute Gasteiger partial charge is 0.227 e. The predicted octanol–water partition coefficient (Wildman–Crippen LogP) is 5.98. The molecule has 0 saturated carbocycles. The third-order valence-corrected chi connectivity index (χ3v) is 5.50. The number of benzene rings is 3. The monoisotopic (exact) mass is 460 g/mol. The minimum absolute atomic E-state index is 0.138. The molecule has 0 spiro atoms. The molecule has 8 heteroatoms. The Labute approximate surface area is 192 Å². The maximum Gasteiger partial charge on any atom is 0.227 e. The summed E-state index contributed by atoms with van der Waals surface area (Å²) in [5, 5.41) is 3.51. The summed E-state index contributed by atoms with van der Waals surface area (Å²) in [5.41, 5.74) is 3.61. The van der Waals surface area contributed by atoms with Crippen LogP contribution in [-0.2, 0) is 6.54 Å². The maximum absolute atomic E-state index is 14.6. The number of aldehydes is 1. The summed E-state index contributed by atoms with van der Waals surface area (Å²) in [6.45, 7) is 0.138. The van der Waals surface area contributed by atoms with Gasteiger partial charge in [-0.1, -0.05) is 23.7 Å². The maximum atomic E-state index is 14.6. The van der Waals surface area contributed by atoms with Crippen molar-refractivity contribution in [3.05, 3.63) is 106 Å². The molecule has 4 aromatic rings. The molecule has 0 unspecified atom stereocenters. The second-order valence-corrected chi connectivity index (χ2v) is 7.82. The second kappa shape index (κ2) is 8.52. The lowest BCUT2D eigenvalue weighted by Crippen LogP contribution is -2.10. The molecule has 1 aromatic heterocycles. The molecule has 0 saturated heterocycles. The van der Waals surface area contributed by atoms with Crippen LogP contribution in [0.1, 0.15) is 27.0 Å². The van der Waals surface area contributed by atoms with Gasteiger partial charge in [0.25, 0.3) is 0 Å². The third kappa shape index (κ3) is 3.99. The lowest BCUT2D eigenvalue weighted by Gasteiger charge is -2.13. The molecule has 2 heterocycles. The van der Waals surface area contributed by atoms with Gasteiger partial charge in [-0.15, -0.1) is 0 Å². The summed E-state index contributed by atoms with van der Waals surface area (Å²) in [6, 6.07) is 15.6. The molecule has 1 N–H and O–H groups in total. The molecule has 0 amide bonds. The summed E-state index contributed by atoms with van der Waals surface area (Å²) in [5.74, 6) is -1.09. The van der Waals surface area contributed by atoms with E-state index in [-0.39, 0.29) is 17.8 Å². The van der Waals surface area contributed by atoms with Gasteiger partial charge < -0.3 is 5.32 Å². The van der Waals surface area contributed by atoms with Crippen LogP contribution in [0.4, 0.5) is 20.4 Å². The molecule has 3 aromatic carbocycles. The number of hydrogen-bond acceptors (Lipinski definition) is 5. The highest BCUT2D eigenvalue weighted by Crippen LogP contribution is 2.34. The molecule has 5 rings (SSSR count). The van der Waals surface area contributed by atoms with Gasteiger partial charge in [0.2, 0.25) is 5.95 Å². The summed E-state index contributed by atoms with van der Waals surface area (Å²) >= 11 is 6.24. The first-order chi connectivity index (χ1) is 16.0. The number of nitrogens with zero attached hydrogens (tertiary/aromatic N) is 3. The van der Waals surface area contributed by atoms with Crippen LogP contribution >= 0.6 is 11.6 Å². The standard InChI is InChI=1S/C25H15ClF2N4O/c26-16-6-9-18-19(10-16)24(22-20(27)2-1-3-21(22)28)29-11-15-12-30-25(32-23(15)18)31-17-7-4-14(13-33)5-8-17/h1-10,12-13H,11H2,(H,30,31,32). The van der Waals surface area contributed by atoms with Gasteiger partial charge in [0.05, 0.1) is 23.5 Å². The van der Waals surface area contributed by atoms with Gasteiger partial charge in [-0.3, -0.25) is 9.79 Å². The number of rotatable bonds is 4. The fraction of sp³-hybridized carbons (Fsp3) is 0.0400. The Hall–Kier alpha value is -3.97. The highest BCUT2D eigenvalue weighted by Gasteiger charge is 2.25. The van der Waals surface area contributed by atoms with Gasteiger partial charge in [-0.05, 0) is 48.5 Å². The van der Waals surface area contributed by atoms with Crippen molar-refractivity contribution in [2.24, 2.45) is 4.99 Å². The van der Waals surface area contributed by atoms with Crippen molar-refractivity contribution in [1.29, 1.82) is 0 Å². The largest absolute Gasteiger partial charge is 0.324 e. The number of anilines is 2. The highest BCUT2D eigenvalue weighted by molar-refractivity contribution is 6.31. The third-order valence-electron chi connectivity index (χ3n) is 5.27. The number of aromatic nitrogens is 2. The van der Waals surface area contributed by atoms with Crippen LogP contribution in [-0.4, -0.2) is 22.0 Å². The zero-order chi connectivity index (χ0) is 22.9. The molecule has 0 bridgehead atoms. The van der Waals surface area contributed by atoms with E-state index in [1.54, 1.807) is 48.7 Å². The van der Waals surface area contributed by atoms with Crippen molar-refractivity contribution in [3.8, 4) is 11.3 Å². The Morgan fingerprint density at radius 3 is 2.45 bits per heavy atom. The lowest BCUT2D eigenvalue weighted by molar-refractivity contribution is 0.112. The first-order valence-electron chi connectivity index (χ1n) is 10.0. The number of halogens is 3. The van der Waals surface area contributed by atoms with Crippen molar-refractivity contribution in [1.82, 2.24) is 9.97 Å². The predicted molar refractivity (Wildman–Crippen MR) is 123 cm³/mol. The number of nitrogens with one attached hydrogen (secondary N) is 1. The Kier molecular flexibility index (Phi) is 5.40. The fourth-order valence-corrected chi connectivity index (χ4v) is 3.87. The van der Waals surface area contributed by atoms with Crippen LogP contribution in [0.15, 0.2) is 71.9 Å². The topological polar surface area (TPSA) is 67.2 Å². The average Bonchev–Trinajstić information content (AvgIpc) is 2.96. The van der Waals surface area contributed by atoms with Crippen LogP contribution in [0.25, 0.3) is 11.3 Å². The van der Waals surface area contributed by atoms with E-state index < -0.39 is 11.6 Å². The van der Waals surface area contributed by atoms with E-state index in [1.807, 2.05) is 0 Å². The summed E-state index contributed by atoms with van der Waals surface area (Å²) in [6.07, 6.45) is 2.40. The normalized spacial score (nSPS) is 12.3. The Morgan fingerprint density at radius 2 is 1.73 bits per heavy atom. The fourth-order valence-electron chi connectivity index (χ4n) is 3.70. The van der Waals surface area contributed by atoms with Crippen LogP contribution < -0.4 is 5.32 Å². The van der Waals surface area contributed by atoms with E-state index in [1.165, 1.54) is 18.2 Å². The van der Waals surface area contributed by atoms with Crippen LogP contribution in [0, 0.1) is 11.6 Å². The van der Waals surface area contributed by atoms with Crippen LogP contribution in [0.5, 0.6) is 0 Å². The van der Waals surface area contributed by atoms with Crippen molar-refractivity contribution in [2.45, 2.75) is 6.54 Å². The molecule has 1 aliphatic heterocycles. The number of hydrogen-bond donors (Lipinski definition) is 1. The molecule has 5 nitrogen and oxygen atoms in total. The quantitative estimate of drug-likeness (QED) is 0.380. The van der Waals surface area contributed by atoms with Gasteiger partial charge in [0.15, 0.2) is 0 Å². The minimum atomic E-state index is -0.710. The second-order valence-electron chi connectivity index (χ2n) is 7.38. The van der Waals surface area contributed by atoms with Crippen molar-refractivity contribution < 1.29 is 13.6 Å². The first kappa shape index (κ1) is 20.9. The molecular weight excluding hydrogens is 446 g/mol. The zero-order valence-electron chi connectivity index (χ0n) is 17.0. The van der Waals surface area contributed by atoms with E-state index >= 15 is 0 Å². The molecule has 0 atom stereocenters. The van der Waals surface area contributed by atoms with Crippen molar-refractivity contribution in [3.63, 3.8) is 0 Å². The van der Waals surface area contributed by atoms with Gasteiger partial charge in [0.1, 0.15) is 17.9 Å². The molecular formula is C25H15ClF2N4O. The zero-order valence-corrected chi connectivity index (χ0v) is 17.8. The summed E-state index contributed by atoms with van der Waals surface area (Å²) in [7, 11) is 0. The van der Waals surface area contributed by atoms with E-state index in [2.05, 4.69) is 20.3 Å². The number of aliphatic imine (C=N–C) groups is 1. The van der Waals surface area contributed by atoms with Gasteiger partial charge in [-0.25, -0.2) is 18.7 Å². The van der Waals surface area contributed by atoms with Gasteiger partial charge in [-0.2, -0.15) is 0 Å². The minimum Gasteiger partial charge on any atom is -0.324 e. The van der Waals surface area contributed by atoms with Gasteiger partial charge in [0, 0.05) is 39.2 Å². The van der Waals surface area contributed by atoms with E-state index in [4.69, 9.17) is 11.6 Å². The molecule has 0 aliphatic carbocycles. The Bertz CT molecular complexity index is 1400. The highest BCUT2D eigenvalue weighted by atomic mass is 35.5. The lowest BCUT2D eigenvalue weighted by atomic mass is 9.95. The van der Waals surface area contributed by atoms with Crippen LogP contribution in [0.2, 0.25) is 5.02 Å². The van der Waals surface area contributed by atoms with E-state index in [0.29, 0.717) is 44.6 Å². The summed E-state index contributed by atoms with van der Waals surface area (Å²) in [4.78, 5) is 24.4. The Balaban J connectivity index is 1.62. The number of carbonyl (C=O) groups excluding carboxylic acids is 1. The first-order valence-corrected chi connectivity index (χ1v) is 10.4. The van der Waals surface area contributed by atoms with Gasteiger partial charge >= 0.3 is 0 Å². The molecule has 33 heavy (non-hydrogen) atoms. The molecule has 0 radical (unpaired) electrons. The molecule has 1 aliphatic rings. The molecule has 162 valence electrons. The van der Waals surface area contributed by atoms with E-state index in [9.17, 15) is 13.6 Å². The number of carbonyl (C=O) groups is 1. The SMILES string of the molecule is O=Cc1ccc(Nc2ncc3c(n2)-c2ccc(Cl)cc2C(c2c(F)cccc2F)=NC3)cc1.